The highest BCUT2D eigenvalue weighted by Gasteiger charge is 2.21. The molecule has 0 aromatic carbocycles. The van der Waals surface area contributed by atoms with E-state index in [1.807, 2.05) is 0 Å². The number of pyridine rings is 1. The number of nitrogens with zero attached hydrogens (tertiary/aromatic N) is 5. The molecule has 3 rings (SSSR count). The number of carbonyl (C=O) groups is 2. The smallest absolute Gasteiger partial charge is 0.412 e. The van der Waals surface area contributed by atoms with Crippen LogP contribution in [0.15, 0.2) is 36.9 Å². The molecule has 174 valence electrons. The summed E-state index contributed by atoms with van der Waals surface area (Å²) in [6, 6.07) is 3.08. The van der Waals surface area contributed by atoms with Crippen molar-refractivity contribution in [1.29, 1.82) is 0 Å². The molecule has 0 unspecified atom stereocenters. The number of hydrogen-bond acceptors (Lipinski definition) is 8. The number of aromatic nitrogens is 5. The first-order chi connectivity index (χ1) is 15.5. The van der Waals surface area contributed by atoms with E-state index in [0.717, 1.165) is 0 Å². The van der Waals surface area contributed by atoms with Crippen molar-refractivity contribution in [3.8, 4) is 11.4 Å². The molecule has 0 aliphatic heterocycles. The average Bonchev–Trinajstić information content (AvgIpc) is 3.07. The summed E-state index contributed by atoms with van der Waals surface area (Å²) in [6.45, 7) is 6.85. The van der Waals surface area contributed by atoms with Gasteiger partial charge in [-0.1, -0.05) is 0 Å². The van der Waals surface area contributed by atoms with Gasteiger partial charge < -0.3 is 9.47 Å². The molecule has 0 radical (unpaired) electrons. The minimum Gasteiger partial charge on any atom is -0.457 e. The molecule has 0 saturated carbocycles. The predicted octanol–water partition coefficient (Wildman–Crippen LogP) is 3.61. The minimum atomic E-state index is -0.808. The van der Waals surface area contributed by atoms with E-state index in [4.69, 9.17) is 9.47 Å². The van der Waals surface area contributed by atoms with Crippen LogP contribution in [0.2, 0.25) is 0 Å². The quantitative estimate of drug-likeness (QED) is 0.441. The molecule has 3 aromatic rings. The molecule has 0 aliphatic carbocycles. The lowest BCUT2D eigenvalue weighted by atomic mass is 10.1. The lowest BCUT2D eigenvalue weighted by molar-refractivity contribution is -0.148. The van der Waals surface area contributed by atoms with Gasteiger partial charge in [0.2, 0.25) is 5.95 Å². The molecular formula is C22H25FN6O4. The van der Waals surface area contributed by atoms with Gasteiger partial charge in [-0.15, -0.1) is 0 Å². The fraction of sp³-hybridized carbons (Fsp3) is 0.364. The molecule has 0 fully saturated rings. The number of anilines is 1. The number of hydrogen-bond donors (Lipinski definition) is 1. The van der Waals surface area contributed by atoms with Crippen molar-refractivity contribution in [3.05, 3.63) is 54.1 Å². The van der Waals surface area contributed by atoms with Crippen LogP contribution < -0.4 is 5.32 Å². The molecule has 10 nitrogen and oxygen atoms in total. The second-order valence-electron chi connectivity index (χ2n) is 8.24. The second kappa shape index (κ2) is 9.72. The molecule has 1 atom stereocenters. The highest BCUT2D eigenvalue weighted by Crippen LogP contribution is 2.23. The average molecular weight is 456 g/mol. The maximum absolute atomic E-state index is 13.8. The summed E-state index contributed by atoms with van der Waals surface area (Å²) < 4.78 is 25.9. The Kier molecular flexibility index (Phi) is 7.00. The van der Waals surface area contributed by atoms with Gasteiger partial charge in [-0.2, -0.15) is 9.49 Å². The van der Waals surface area contributed by atoms with Gasteiger partial charge in [0.05, 0.1) is 42.0 Å². The van der Waals surface area contributed by atoms with Crippen LogP contribution in [0.4, 0.5) is 14.9 Å². The summed E-state index contributed by atoms with van der Waals surface area (Å²) in [4.78, 5) is 36.5. The number of nitrogens with one attached hydrogen (secondary N) is 1. The molecule has 11 heteroatoms. The maximum atomic E-state index is 13.8. The lowest BCUT2D eigenvalue weighted by Crippen LogP contribution is -2.27. The van der Waals surface area contributed by atoms with E-state index in [2.05, 4.69) is 25.4 Å². The summed E-state index contributed by atoms with van der Waals surface area (Å²) >= 11 is 0. The second-order valence-corrected chi connectivity index (χ2v) is 8.24. The van der Waals surface area contributed by atoms with Gasteiger partial charge in [0.1, 0.15) is 11.7 Å². The topological polar surface area (TPSA) is 121 Å². The van der Waals surface area contributed by atoms with Crippen molar-refractivity contribution in [3.63, 3.8) is 0 Å². The lowest BCUT2D eigenvalue weighted by Gasteiger charge is -2.19. The molecule has 0 spiro atoms. The first kappa shape index (κ1) is 23.8. The number of carbonyl (C=O) groups excluding carboxylic acids is 2. The Hall–Kier alpha value is -3.89. The van der Waals surface area contributed by atoms with Crippen molar-refractivity contribution in [2.45, 2.75) is 45.8 Å². The monoisotopic (exact) mass is 456 g/mol. The molecule has 3 heterocycles. The van der Waals surface area contributed by atoms with Crippen molar-refractivity contribution in [2.75, 3.05) is 5.32 Å². The van der Waals surface area contributed by atoms with Crippen LogP contribution >= 0.6 is 0 Å². The molecular weight excluding hydrogens is 431 g/mol. The van der Waals surface area contributed by atoms with E-state index in [0.29, 0.717) is 22.8 Å². The molecule has 1 amide bonds. The van der Waals surface area contributed by atoms with Crippen molar-refractivity contribution in [2.24, 2.45) is 7.05 Å². The van der Waals surface area contributed by atoms with Gasteiger partial charge in [-0.05, 0) is 39.8 Å². The van der Waals surface area contributed by atoms with Gasteiger partial charge in [0.25, 0.3) is 0 Å². The summed E-state index contributed by atoms with van der Waals surface area (Å²) in [5, 5.41) is 6.73. The fourth-order valence-electron chi connectivity index (χ4n) is 2.95. The van der Waals surface area contributed by atoms with Crippen LogP contribution in [-0.4, -0.2) is 42.4 Å². The SMILES string of the molecule is C[C@@H](OC(=O)Cc1c(-c2ncc(NC(=O)OC(C)(C)C)cn2)cnn1C)c1cccnc1F. The number of aryl methyl sites for hydroxylation is 1. The van der Waals surface area contributed by atoms with Crippen LogP contribution in [0.25, 0.3) is 11.4 Å². The minimum absolute atomic E-state index is 0.126. The highest BCUT2D eigenvalue weighted by atomic mass is 19.1. The standard InChI is InChI=1S/C22H25FN6O4/c1-13(15-7-6-8-24-19(15)23)32-18(30)9-17-16(12-27-29(17)5)20-25-10-14(11-26-20)28-21(31)33-22(2,3)4/h6-8,10-13H,9H2,1-5H3,(H,28,31)/t13-/m1/s1. The molecule has 1 N–H and O–H groups in total. The first-order valence-corrected chi connectivity index (χ1v) is 10.2. The third-order valence-electron chi connectivity index (χ3n) is 4.45. The van der Waals surface area contributed by atoms with Crippen molar-refractivity contribution < 1.29 is 23.5 Å². The molecule has 3 aromatic heterocycles. The summed E-state index contributed by atoms with van der Waals surface area (Å²) in [5.41, 5.74) is 0.951. The number of halogens is 1. The zero-order chi connectivity index (χ0) is 24.2. The van der Waals surface area contributed by atoms with Gasteiger partial charge in [-0.25, -0.2) is 19.7 Å². The van der Waals surface area contributed by atoms with E-state index in [9.17, 15) is 14.0 Å². The van der Waals surface area contributed by atoms with E-state index in [1.165, 1.54) is 35.5 Å². The largest absolute Gasteiger partial charge is 0.457 e. The Bertz CT molecular complexity index is 1140. The van der Waals surface area contributed by atoms with Crippen LogP contribution in [0, 0.1) is 5.95 Å². The Morgan fingerprint density at radius 3 is 2.52 bits per heavy atom. The number of ether oxygens (including phenoxy) is 2. The Balaban J connectivity index is 1.70. The molecule has 33 heavy (non-hydrogen) atoms. The van der Waals surface area contributed by atoms with Gasteiger partial charge in [-0.3, -0.25) is 14.8 Å². The predicted molar refractivity (Wildman–Crippen MR) is 116 cm³/mol. The van der Waals surface area contributed by atoms with Gasteiger partial charge in [0, 0.05) is 18.8 Å². The number of esters is 1. The van der Waals surface area contributed by atoms with Crippen molar-refractivity contribution >= 4 is 17.7 Å². The third kappa shape index (κ3) is 6.31. The van der Waals surface area contributed by atoms with E-state index in [1.54, 1.807) is 40.8 Å². The number of rotatable bonds is 6. The molecule has 0 aliphatic rings. The molecule has 0 saturated heterocycles. The Labute approximate surface area is 190 Å². The van der Waals surface area contributed by atoms with Crippen LogP contribution in [0.1, 0.15) is 45.1 Å². The zero-order valence-electron chi connectivity index (χ0n) is 19.0. The zero-order valence-corrected chi connectivity index (χ0v) is 19.0. The summed E-state index contributed by atoms with van der Waals surface area (Å²) in [5.74, 6) is -0.946. The van der Waals surface area contributed by atoms with E-state index in [-0.39, 0.29) is 12.0 Å². The maximum Gasteiger partial charge on any atom is 0.412 e. The summed E-state index contributed by atoms with van der Waals surface area (Å²) in [7, 11) is 1.68. The number of amides is 1. The normalized spacial score (nSPS) is 12.2. The molecule has 0 bridgehead atoms. The Morgan fingerprint density at radius 2 is 1.88 bits per heavy atom. The summed E-state index contributed by atoms with van der Waals surface area (Å²) in [6.07, 6.45) is 4.15. The fourth-order valence-corrected chi connectivity index (χ4v) is 2.95. The highest BCUT2D eigenvalue weighted by molar-refractivity contribution is 5.84. The van der Waals surface area contributed by atoms with Crippen molar-refractivity contribution in [1.82, 2.24) is 24.7 Å². The van der Waals surface area contributed by atoms with Crippen LogP contribution in [0.5, 0.6) is 0 Å². The van der Waals surface area contributed by atoms with E-state index < -0.39 is 29.7 Å². The van der Waals surface area contributed by atoms with Gasteiger partial charge in [0.15, 0.2) is 5.82 Å². The van der Waals surface area contributed by atoms with Crippen LogP contribution in [0.3, 0.4) is 0 Å². The van der Waals surface area contributed by atoms with Crippen LogP contribution in [-0.2, 0) is 27.7 Å². The Morgan fingerprint density at radius 1 is 1.18 bits per heavy atom. The first-order valence-electron chi connectivity index (χ1n) is 10.2. The van der Waals surface area contributed by atoms with E-state index >= 15 is 0 Å². The third-order valence-corrected chi connectivity index (χ3v) is 4.45. The van der Waals surface area contributed by atoms with Gasteiger partial charge >= 0.3 is 12.1 Å².